The van der Waals surface area contributed by atoms with E-state index in [1.165, 1.54) is 25.9 Å². The van der Waals surface area contributed by atoms with Crippen molar-refractivity contribution in [2.75, 3.05) is 19.6 Å². The third kappa shape index (κ3) is 5.12. The van der Waals surface area contributed by atoms with E-state index in [0.717, 1.165) is 30.8 Å². The standard InChI is InChI=1S/C17H27N3O/c1-3-15(16-9-6-8-14(2)18-16)19-17(21)10-7-13-20-11-4-5-12-20/h6,8-9,15H,3-5,7,10-13H2,1-2H3,(H,19,21)/t15-/m1/s1. The summed E-state index contributed by atoms with van der Waals surface area (Å²) in [6.07, 6.45) is 5.04. The summed E-state index contributed by atoms with van der Waals surface area (Å²) in [5, 5.41) is 3.12. The predicted octanol–water partition coefficient (Wildman–Crippen LogP) is 2.83. The lowest BCUT2D eigenvalue weighted by molar-refractivity contribution is -0.122. The number of aromatic nitrogens is 1. The molecule has 4 nitrogen and oxygen atoms in total. The van der Waals surface area contributed by atoms with Gasteiger partial charge in [-0.15, -0.1) is 0 Å². The summed E-state index contributed by atoms with van der Waals surface area (Å²) >= 11 is 0. The molecule has 1 saturated heterocycles. The van der Waals surface area contributed by atoms with Crippen molar-refractivity contribution in [1.29, 1.82) is 0 Å². The van der Waals surface area contributed by atoms with Gasteiger partial charge in [-0.2, -0.15) is 0 Å². The Morgan fingerprint density at radius 3 is 2.81 bits per heavy atom. The smallest absolute Gasteiger partial charge is 0.220 e. The first kappa shape index (κ1) is 16.0. The highest BCUT2D eigenvalue weighted by molar-refractivity contribution is 5.76. The van der Waals surface area contributed by atoms with E-state index in [9.17, 15) is 4.79 Å². The number of aryl methyl sites for hydroxylation is 1. The van der Waals surface area contributed by atoms with Crippen LogP contribution in [0.1, 0.15) is 56.5 Å². The van der Waals surface area contributed by atoms with E-state index in [1.807, 2.05) is 25.1 Å². The predicted molar refractivity (Wildman–Crippen MR) is 85.1 cm³/mol. The number of rotatable bonds is 7. The Morgan fingerprint density at radius 2 is 2.14 bits per heavy atom. The SMILES string of the molecule is CC[C@@H](NC(=O)CCCN1CCCC1)c1cccc(C)n1. The van der Waals surface area contributed by atoms with Crippen molar-refractivity contribution in [3.05, 3.63) is 29.6 Å². The quantitative estimate of drug-likeness (QED) is 0.839. The Hall–Kier alpha value is -1.42. The second-order valence-electron chi connectivity index (χ2n) is 5.88. The third-order valence-electron chi connectivity index (χ3n) is 4.09. The highest BCUT2D eigenvalue weighted by atomic mass is 16.1. The van der Waals surface area contributed by atoms with Gasteiger partial charge in [-0.25, -0.2) is 0 Å². The van der Waals surface area contributed by atoms with E-state index in [1.54, 1.807) is 0 Å². The zero-order valence-electron chi connectivity index (χ0n) is 13.3. The molecule has 0 bridgehead atoms. The van der Waals surface area contributed by atoms with Crippen LogP contribution in [0, 0.1) is 6.92 Å². The summed E-state index contributed by atoms with van der Waals surface area (Å²) in [7, 11) is 0. The molecule has 4 heteroatoms. The van der Waals surface area contributed by atoms with Crippen LogP contribution in [0.4, 0.5) is 0 Å². The Morgan fingerprint density at radius 1 is 1.38 bits per heavy atom. The van der Waals surface area contributed by atoms with Crippen LogP contribution in [0.3, 0.4) is 0 Å². The van der Waals surface area contributed by atoms with Gasteiger partial charge in [-0.3, -0.25) is 9.78 Å². The van der Waals surface area contributed by atoms with Crippen molar-refractivity contribution in [2.24, 2.45) is 0 Å². The highest BCUT2D eigenvalue weighted by Crippen LogP contribution is 2.15. The van der Waals surface area contributed by atoms with Gasteiger partial charge in [-0.05, 0) is 64.4 Å². The molecule has 1 atom stereocenters. The number of likely N-dealkylation sites (tertiary alicyclic amines) is 1. The molecule has 1 aliphatic heterocycles. The van der Waals surface area contributed by atoms with E-state index >= 15 is 0 Å². The summed E-state index contributed by atoms with van der Waals surface area (Å²) in [6.45, 7) is 7.51. The average molecular weight is 289 g/mol. The van der Waals surface area contributed by atoms with Crippen LogP contribution in [-0.4, -0.2) is 35.4 Å². The van der Waals surface area contributed by atoms with Gasteiger partial charge in [0.25, 0.3) is 0 Å². The van der Waals surface area contributed by atoms with Gasteiger partial charge in [-0.1, -0.05) is 13.0 Å². The maximum Gasteiger partial charge on any atom is 0.220 e. The number of nitrogens with one attached hydrogen (secondary N) is 1. The van der Waals surface area contributed by atoms with E-state index < -0.39 is 0 Å². The minimum Gasteiger partial charge on any atom is -0.348 e. The molecular formula is C17H27N3O. The molecule has 0 saturated carbocycles. The molecular weight excluding hydrogens is 262 g/mol. The number of pyridine rings is 1. The fourth-order valence-electron chi connectivity index (χ4n) is 2.88. The third-order valence-corrected chi connectivity index (χ3v) is 4.09. The zero-order valence-corrected chi connectivity index (χ0v) is 13.3. The van der Waals surface area contributed by atoms with Crippen molar-refractivity contribution < 1.29 is 4.79 Å². The molecule has 0 unspecified atom stereocenters. The van der Waals surface area contributed by atoms with Crippen molar-refractivity contribution in [3.8, 4) is 0 Å². The van der Waals surface area contributed by atoms with Crippen LogP contribution < -0.4 is 5.32 Å². The first-order valence-electron chi connectivity index (χ1n) is 8.14. The fourth-order valence-corrected chi connectivity index (χ4v) is 2.88. The molecule has 1 N–H and O–H groups in total. The van der Waals surface area contributed by atoms with E-state index in [0.29, 0.717) is 6.42 Å². The van der Waals surface area contributed by atoms with Crippen molar-refractivity contribution in [1.82, 2.24) is 15.2 Å². The number of hydrogen-bond acceptors (Lipinski definition) is 3. The fraction of sp³-hybridized carbons (Fsp3) is 0.647. The highest BCUT2D eigenvalue weighted by Gasteiger charge is 2.15. The van der Waals surface area contributed by atoms with E-state index in [2.05, 4.69) is 22.1 Å². The minimum atomic E-state index is 0.0317. The minimum absolute atomic E-state index is 0.0317. The summed E-state index contributed by atoms with van der Waals surface area (Å²) in [4.78, 5) is 19.1. The molecule has 2 heterocycles. The summed E-state index contributed by atoms with van der Waals surface area (Å²) in [5.74, 6) is 0.143. The first-order valence-corrected chi connectivity index (χ1v) is 8.14. The first-order chi connectivity index (χ1) is 10.2. The van der Waals surface area contributed by atoms with Crippen LogP contribution in [0.25, 0.3) is 0 Å². The van der Waals surface area contributed by atoms with Crippen molar-refractivity contribution >= 4 is 5.91 Å². The molecule has 1 fully saturated rings. The van der Waals surface area contributed by atoms with Gasteiger partial charge in [0.05, 0.1) is 11.7 Å². The van der Waals surface area contributed by atoms with Crippen LogP contribution in [0.5, 0.6) is 0 Å². The molecule has 0 aliphatic carbocycles. The van der Waals surface area contributed by atoms with Crippen LogP contribution in [0.15, 0.2) is 18.2 Å². The molecule has 1 amide bonds. The summed E-state index contributed by atoms with van der Waals surface area (Å²) < 4.78 is 0. The Labute approximate surface area is 127 Å². The monoisotopic (exact) mass is 289 g/mol. The van der Waals surface area contributed by atoms with Gasteiger partial charge in [0, 0.05) is 12.1 Å². The lowest BCUT2D eigenvalue weighted by Gasteiger charge is -2.18. The molecule has 116 valence electrons. The molecule has 1 aromatic heterocycles. The number of amides is 1. The molecule has 0 aromatic carbocycles. The number of hydrogen-bond donors (Lipinski definition) is 1. The topological polar surface area (TPSA) is 45.2 Å². The van der Waals surface area contributed by atoms with E-state index in [-0.39, 0.29) is 11.9 Å². The lowest BCUT2D eigenvalue weighted by Crippen LogP contribution is -2.29. The normalized spacial score (nSPS) is 16.9. The Bertz CT molecular complexity index is 455. The molecule has 0 radical (unpaired) electrons. The molecule has 1 aromatic rings. The number of carbonyl (C=O) groups excluding carboxylic acids is 1. The second-order valence-corrected chi connectivity index (χ2v) is 5.88. The largest absolute Gasteiger partial charge is 0.348 e. The maximum atomic E-state index is 12.1. The summed E-state index contributed by atoms with van der Waals surface area (Å²) in [5.41, 5.74) is 1.96. The number of nitrogens with zero attached hydrogens (tertiary/aromatic N) is 2. The molecule has 0 spiro atoms. The van der Waals surface area contributed by atoms with E-state index in [4.69, 9.17) is 0 Å². The Balaban J connectivity index is 1.76. The maximum absolute atomic E-state index is 12.1. The van der Waals surface area contributed by atoms with Crippen LogP contribution >= 0.6 is 0 Å². The van der Waals surface area contributed by atoms with Crippen molar-refractivity contribution in [2.45, 2.75) is 52.0 Å². The van der Waals surface area contributed by atoms with Gasteiger partial charge in [0.2, 0.25) is 5.91 Å². The zero-order chi connectivity index (χ0) is 15.1. The number of carbonyl (C=O) groups is 1. The molecule has 2 rings (SSSR count). The Kier molecular flexibility index (Phi) is 6.18. The van der Waals surface area contributed by atoms with Gasteiger partial charge in [0.15, 0.2) is 0 Å². The second kappa shape index (κ2) is 8.13. The average Bonchev–Trinajstić information content (AvgIpc) is 2.98. The van der Waals surface area contributed by atoms with Gasteiger partial charge < -0.3 is 10.2 Å². The molecule has 1 aliphatic rings. The van der Waals surface area contributed by atoms with Crippen LogP contribution in [-0.2, 0) is 4.79 Å². The molecule has 21 heavy (non-hydrogen) atoms. The lowest BCUT2D eigenvalue weighted by atomic mass is 10.1. The van der Waals surface area contributed by atoms with Gasteiger partial charge >= 0.3 is 0 Å². The summed E-state index contributed by atoms with van der Waals surface area (Å²) in [6, 6.07) is 6.00. The van der Waals surface area contributed by atoms with Crippen molar-refractivity contribution in [3.63, 3.8) is 0 Å². The van der Waals surface area contributed by atoms with Crippen LogP contribution in [0.2, 0.25) is 0 Å². The van der Waals surface area contributed by atoms with Gasteiger partial charge in [0.1, 0.15) is 0 Å².